The molecule has 3 N–H and O–H groups in total. The number of para-hydroxylation sites is 1. The first kappa shape index (κ1) is 29.1. The lowest BCUT2D eigenvalue weighted by Crippen LogP contribution is -1.70. The predicted molar refractivity (Wildman–Crippen MR) is 151 cm³/mol. The van der Waals surface area contributed by atoms with Crippen LogP contribution in [0.4, 0.5) is 0 Å². The molecule has 0 amide bonds. The van der Waals surface area contributed by atoms with Gasteiger partial charge in [-0.3, -0.25) is 0 Å². The highest BCUT2D eigenvalue weighted by Crippen LogP contribution is 2.23. The SMILES string of the molecule is CCC.CCC.Oc1cccc2ccccc12.Oc1cccc2ccccc12.Oc1ccccc1. The molecule has 5 rings (SSSR count). The lowest BCUT2D eigenvalue weighted by atomic mass is 10.1. The summed E-state index contributed by atoms with van der Waals surface area (Å²) in [6, 6.07) is 35.3. The maximum Gasteiger partial charge on any atom is 0.123 e. The monoisotopic (exact) mass is 470 g/mol. The molecule has 0 heterocycles. The number of hydrogen-bond donors (Lipinski definition) is 3. The van der Waals surface area contributed by atoms with Crippen LogP contribution < -0.4 is 0 Å². The van der Waals surface area contributed by atoms with Crippen molar-refractivity contribution in [2.24, 2.45) is 0 Å². The van der Waals surface area contributed by atoms with Crippen molar-refractivity contribution < 1.29 is 15.3 Å². The average molecular weight is 471 g/mol. The van der Waals surface area contributed by atoms with E-state index in [0.717, 1.165) is 21.5 Å². The summed E-state index contributed by atoms with van der Waals surface area (Å²) < 4.78 is 0. The molecule has 5 aromatic rings. The maximum absolute atomic E-state index is 9.37. The Morgan fingerprint density at radius 3 is 1.03 bits per heavy atom. The molecule has 0 fully saturated rings. The van der Waals surface area contributed by atoms with E-state index in [-0.39, 0.29) is 0 Å². The van der Waals surface area contributed by atoms with Gasteiger partial charge in [-0.25, -0.2) is 0 Å². The standard InChI is InChI=1S/2C10H8O.C6H6O.2C3H8/c2*11-10-7-3-5-8-4-1-2-6-9(8)10;7-6-4-2-1-3-5-6;2*1-3-2/h2*1-7,11H;1-5,7H;2*3H2,1-2H3. The van der Waals surface area contributed by atoms with Crippen molar-refractivity contribution in [3.63, 3.8) is 0 Å². The lowest BCUT2D eigenvalue weighted by Gasteiger charge is -1.97. The molecule has 0 bridgehead atoms. The Labute approximate surface area is 210 Å². The summed E-state index contributed by atoms with van der Waals surface area (Å²) >= 11 is 0. The Hall–Kier alpha value is -3.98. The summed E-state index contributed by atoms with van der Waals surface area (Å²) in [4.78, 5) is 0. The molecule has 5 aromatic carbocycles. The van der Waals surface area contributed by atoms with Gasteiger partial charge in [0.15, 0.2) is 0 Å². The van der Waals surface area contributed by atoms with Gasteiger partial charge in [0, 0.05) is 10.8 Å². The molecule has 0 saturated heterocycles. The molecule has 0 aliphatic rings. The zero-order chi connectivity index (χ0) is 25.9. The molecule has 0 aromatic heterocycles. The molecule has 3 nitrogen and oxygen atoms in total. The summed E-state index contributed by atoms with van der Waals surface area (Å²) in [7, 11) is 0. The lowest BCUT2D eigenvalue weighted by molar-refractivity contribution is 0.475. The number of benzene rings is 5. The fourth-order valence-corrected chi connectivity index (χ4v) is 2.84. The van der Waals surface area contributed by atoms with Gasteiger partial charge in [0.05, 0.1) is 0 Å². The van der Waals surface area contributed by atoms with Gasteiger partial charge in [-0.1, -0.05) is 132 Å². The summed E-state index contributed by atoms with van der Waals surface area (Å²) in [5.74, 6) is 1.02. The third-order valence-electron chi connectivity index (χ3n) is 4.29. The molecule has 0 radical (unpaired) electrons. The van der Waals surface area contributed by atoms with Gasteiger partial charge in [0.25, 0.3) is 0 Å². The van der Waals surface area contributed by atoms with Crippen molar-refractivity contribution in [2.75, 3.05) is 0 Å². The molecule has 35 heavy (non-hydrogen) atoms. The molecule has 0 spiro atoms. The van der Waals surface area contributed by atoms with E-state index in [4.69, 9.17) is 5.11 Å². The largest absolute Gasteiger partial charge is 0.508 e. The highest BCUT2D eigenvalue weighted by Gasteiger charge is 1.95. The minimum atomic E-state index is 0.322. The predicted octanol–water partition coefficient (Wildman–Crippen LogP) is 9.32. The van der Waals surface area contributed by atoms with Crippen LogP contribution in [-0.2, 0) is 0 Å². The van der Waals surface area contributed by atoms with Gasteiger partial charge in [0.1, 0.15) is 17.2 Å². The van der Waals surface area contributed by atoms with E-state index in [1.807, 2.05) is 78.9 Å². The first-order valence-corrected chi connectivity index (χ1v) is 12.1. The molecule has 0 aliphatic heterocycles. The summed E-state index contributed by atoms with van der Waals surface area (Å²) in [6.45, 7) is 8.50. The third kappa shape index (κ3) is 11.1. The average Bonchev–Trinajstić information content (AvgIpc) is 2.87. The van der Waals surface area contributed by atoms with Crippen LogP contribution in [0.3, 0.4) is 0 Å². The van der Waals surface area contributed by atoms with Crippen LogP contribution >= 0.6 is 0 Å². The Bertz CT molecular complexity index is 1130. The Kier molecular flexibility index (Phi) is 14.5. The Balaban J connectivity index is 0.000000241. The second-order valence-corrected chi connectivity index (χ2v) is 7.75. The topological polar surface area (TPSA) is 60.7 Å². The van der Waals surface area contributed by atoms with E-state index >= 15 is 0 Å². The van der Waals surface area contributed by atoms with E-state index in [0.29, 0.717) is 17.2 Å². The van der Waals surface area contributed by atoms with Gasteiger partial charge in [-0.15, -0.1) is 0 Å². The Morgan fingerprint density at radius 1 is 0.400 bits per heavy atom. The van der Waals surface area contributed by atoms with Crippen LogP contribution in [0, 0.1) is 0 Å². The normalized spacial score (nSPS) is 9.14. The van der Waals surface area contributed by atoms with Crippen LogP contribution in [0.1, 0.15) is 40.5 Å². The van der Waals surface area contributed by atoms with E-state index < -0.39 is 0 Å². The molecule has 3 heteroatoms. The summed E-state index contributed by atoms with van der Waals surface area (Å²) in [5.41, 5.74) is 0. The minimum Gasteiger partial charge on any atom is -0.508 e. The number of fused-ring (bicyclic) bond motifs is 2. The van der Waals surface area contributed by atoms with Crippen LogP contribution in [0.15, 0.2) is 115 Å². The zero-order valence-corrected chi connectivity index (χ0v) is 21.2. The zero-order valence-electron chi connectivity index (χ0n) is 21.2. The first-order valence-electron chi connectivity index (χ1n) is 12.1. The van der Waals surface area contributed by atoms with Crippen LogP contribution in [0.2, 0.25) is 0 Å². The first-order chi connectivity index (χ1) is 17.0. The number of rotatable bonds is 0. The van der Waals surface area contributed by atoms with Gasteiger partial charge < -0.3 is 15.3 Å². The quantitative estimate of drug-likeness (QED) is 0.211. The molecule has 0 saturated carbocycles. The van der Waals surface area contributed by atoms with Crippen LogP contribution in [0.25, 0.3) is 21.5 Å². The molecule has 0 unspecified atom stereocenters. The summed E-state index contributed by atoms with van der Waals surface area (Å²) in [5, 5.41) is 31.4. The number of phenolic OH excluding ortho intramolecular Hbond substituents is 3. The second-order valence-electron chi connectivity index (χ2n) is 7.75. The van der Waals surface area contributed by atoms with Crippen molar-refractivity contribution in [1.29, 1.82) is 0 Å². The van der Waals surface area contributed by atoms with E-state index in [9.17, 15) is 10.2 Å². The van der Waals surface area contributed by atoms with Gasteiger partial charge in [-0.05, 0) is 35.0 Å². The smallest absolute Gasteiger partial charge is 0.123 e. The fourth-order valence-electron chi connectivity index (χ4n) is 2.84. The van der Waals surface area contributed by atoms with Crippen molar-refractivity contribution >= 4 is 21.5 Å². The molecule has 184 valence electrons. The van der Waals surface area contributed by atoms with Crippen LogP contribution in [0.5, 0.6) is 17.2 Å². The highest BCUT2D eigenvalue weighted by molar-refractivity contribution is 5.88. The molecule has 0 atom stereocenters. The minimum absolute atomic E-state index is 0.322. The maximum atomic E-state index is 9.37. The fraction of sp³-hybridized carbons (Fsp3) is 0.188. The van der Waals surface area contributed by atoms with Crippen molar-refractivity contribution in [2.45, 2.75) is 40.5 Å². The van der Waals surface area contributed by atoms with Gasteiger partial charge in [-0.2, -0.15) is 0 Å². The van der Waals surface area contributed by atoms with Crippen molar-refractivity contribution in [3.05, 3.63) is 115 Å². The molecular formula is C32H38O3. The van der Waals surface area contributed by atoms with E-state index in [1.165, 1.54) is 12.8 Å². The van der Waals surface area contributed by atoms with E-state index in [1.54, 1.807) is 36.4 Å². The van der Waals surface area contributed by atoms with Crippen molar-refractivity contribution in [3.8, 4) is 17.2 Å². The molecule has 0 aliphatic carbocycles. The van der Waals surface area contributed by atoms with Crippen molar-refractivity contribution in [1.82, 2.24) is 0 Å². The van der Waals surface area contributed by atoms with Gasteiger partial charge in [0.2, 0.25) is 0 Å². The summed E-state index contributed by atoms with van der Waals surface area (Å²) in [6.07, 6.45) is 2.50. The van der Waals surface area contributed by atoms with E-state index in [2.05, 4.69) is 27.7 Å². The van der Waals surface area contributed by atoms with Crippen LogP contribution in [-0.4, -0.2) is 15.3 Å². The highest BCUT2D eigenvalue weighted by atomic mass is 16.3. The number of phenols is 3. The second kappa shape index (κ2) is 17.5. The molecular weight excluding hydrogens is 432 g/mol. The third-order valence-corrected chi connectivity index (χ3v) is 4.29. The number of hydrogen-bond acceptors (Lipinski definition) is 3. The number of aromatic hydroxyl groups is 3. The van der Waals surface area contributed by atoms with Gasteiger partial charge >= 0.3 is 0 Å². The Morgan fingerprint density at radius 2 is 0.714 bits per heavy atom.